The lowest BCUT2D eigenvalue weighted by Crippen LogP contribution is -2.22. The number of rotatable bonds is 8. The highest BCUT2D eigenvalue weighted by atomic mass is 32.2. The van der Waals surface area contributed by atoms with Crippen molar-refractivity contribution in [3.05, 3.63) is 98.6 Å². The summed E-state index contributed by atoms with van der Waals surface area (Å²) in [4.78, 5) is 46.2. The normalized spacial score (nSPS) is 11.3. The van der Waals surface area contributed by atoms with E-state index in [1.807, 2.05) is 0 Å². The van der Waals surface area contributed by atoms with Gasteiger partial charge in [-0.05, 0) is 43.3 Å². The first-order chi connectivity index (χ1) is 15.7. The van der Waals surface area contributed by atoms with Crippen molar-refractivity contribution in [3.8, 4) is 0 Å². The van der Waals surface area contributed by atoms with E-state index in [-0.39, 0.29) is 22.8 Å². The molecule has 11 heteroatoms. The van der Waals surface area contributed by atoms with Crippen molar-refractivity contribution in [3.63, 3.8) is 0 Å². The quantitative estimate of drug-likeness (QED) is 0.273. The molecule has 0 radical (unpaired) electrons. The van der Waals surface area contributed by atoms with Crippen molar-refractivity contribution in [2.24, 2.45) is 0 Å². The first-order valence-electron chi connectivity index (χ1n) is 9.61. The minimum absolute atomic E-state index is 0.0700. The Balaban J connectivity index is 1.62. The molecular formula is C22H18N4O6S. The van der Waals surface area contributed by atoms with E-state index in [9.17, 15) is 29.8 Å². The fraction of sp³-hybridized carbons (Fsp3) is 0.0909. The second kappa shape index (κ2) is 10.4. The third kappa shape index (κ3) is 6.37. The highest BCUT2D eigenvalue weighted by molar-refractivity contribution is 8.00. The molecule has 0 aliphatic rings. The number of anilines is 2. The van der Waals surface area contributed by atoms with Crippen LogP contribution in [0.4, 0.5) is 22.7 Å². The molecule has 3 aromatic carbocycles. The van der Waals surface area contributed by atoms with E-state index in [0.29, 0.717) is 11.4 Å². The van der Waals surface area contributed by atoms with Crippen LogP contribution < -0.4 is 10.6 Å². The molecule has 0 aliphatic carbocycles. The molecule has 0 aliphatic heterocycles. The average Bonchev–Trinajstić information content (AvgIpc) is 2.79. The Morgan fingerprint density at radius 2 is 1.48 bits per heavy atom. The number of hydrogen-bond donors (Lipinski definition) is 2. The molecule has 0 saturated carbocycles. The van der Waals surface area contributed by atoms with Crippen molar-refractivity contribution in [1.29, 1.82) is 0 Å². The summed E-state index contributed by atoms with van der Waals surface area (Å²) in [6.45, 7) is 1.71. The van der Waals surface area contributed by atoms with Gasteiger partial charge in [0, 0.05) is 46.1 Å². The molecule has 1 unspecified atom stereocenters. The van der Waals surface area contributed by atoms with Crippen molar-refractivity contribution in [2.45, 2.75) is 17.1 Å². The summed E-state index contributed by atoms with van der Waals surface area (Å²) in [5.74, 6) is -0.787. The number of nitrogens with one attached hydrogen (secondary N) is 2. The summed E-state index contributed by atoms with van der Waals surface area (Å²) < 4.78 is 0. The SMILES string of the molecule is CC(Sc1cccc(NC(=O)c2cccc([N+](=O)[O-])c2)c1)C(=O)Nc1ccc([N+](=O)[O-])cc1. The molecule has 168 valence electrons. The number of carbonyl (C=O) groups excluding carboxylic acids is 2. The molecule has 3 aromatic rings. The zero-order valence-electron chi connectivity index (χ0n) is 17.3. The smallest absolute Gasteiger partial charge is 0.270 e. The van der Waals surface area contributed by atoms with E-state index in [0.717, 1.165) is 4.90 Å². The Labute approximate surface area is 192 Å². The first-order valence-corrected chi connectivity index (χ1v) is 10.5. The van der Waals surface area contributed by atoms with Gasteiger partial charge in [0.25, 0.3) is 17.3 Å². The molecule has 2 N–H and O–H groups in total. The van der Waals surface area contributed by atoms with Crippen LogP contribution in [0.2, 0.25) is 0 Å². The topological polar surface area (TPSA) is 144 Å². The van der Waals surface area contributed by atoms with Gasteiger partial charge in [-0.15, -0.1) is 11.8 Å². The zero-order chi connectivity index (χ0) is 24.0. The number of carbonyl (C=O) groups is 2. The molecule has 0 aromatic heterocycles. The summed E-state index contributed by atoms with van der Waals surface area (Å²) in [6, 6.07) is 17.8. The van der Waals surface area contributed by atoms with Crippen molar-refractivity contribution in [1.82, 2.24) is 0 Å². The molecule has 2 amide bonds. The number of hydrogen-bond acceptors (Lipinski definition) is 7. The molecule has 3 rings (SSSR count). The molecule has 1 atom stereocenters. The fourth-order valence-corrected chi connectivity index (χ4v) is 3.71. The maximum absolute atomic E-state index is 12.5. The van der Waals surface area contributed by atoms with Gasteiger partial charge >= 0.3 is 0 Å². The van der Waals surface area contributed by atoms with Crippen LogP contribution in [-0.2, 0) is 4.79 Å². The summed E-state index contributed by atoms with van der Waals surface area (Å²) in [7, 11) is 0. The lowest BCUT2D eigenvalue weighted by atomic mass is 10.2. The number of nitro groups is 2. The standard InChI is InChI=1S/C22H18N4O6S/c1-14(21(27)23-16-8-10-18(11-9-16)25(29)30)33-20-7-3-5-17(13-20)24-22(28)15-4-2-6-19(12-15)26(31)32/h2-14H,1H3,(H,23,27)(H,24,28). The predicted molar refractivity (Wildman–Crippen MR) is 125 cm³/mol. The van der Waals surface area contributed by atoms with E-state index >= 15 is 0 Å². The number of thioether (sulfide) groups is 1. The van der Waals surface area contributed by atoms with Crippen LogP contribution in [0.3, 0.4) is 0 Å². The number of nitrogens with zero attached hydrogens (tertiary/aromatic N) is 2. The maximum Gasteiger partial charge on any atom is 0.270 e. The fourth-order valence-electron chi connectivity index (χ4n) is 2.78. The molecule has 0 spiro atoms. The van der Waals surface area contributed by atoms with E-state index in [2.05, 4.69) is 10.6 Å². The van der Waals surface area contributed by atoms with Gasteiger partial charge in [-0.1, -0.05) is 12.1 Å². The molecule has 0 saturated heterocycles. The van der Waals surface area contributed by atoms with Crippen LogP contribution in [-0.4, -0.2) is 26.9 Å². The van der Waals surface area contributed by atoms with E-state index in [1.165, 1.54) is 60.3 Å². The van der Waals surface area contributed by atoms with Gasteiger partial charge in [0.15, 0.2) is 0 Å². The third-order valence-corrected chi connectivity index (χ3v) is 5.53. The summed E-state index contributed by atoms with van der Waals surface area (Å²) in [5.41, 5.74) is 0.813. The van der Waals surface area contributed by atoms with Crippen LogP contribution in [0.15, 0.2) is 77.7 Å². The number of nitro benzene ring substituents is 2. The maximum atomic E-state index is 12.5. The van der Waals surface area contributed by atoms with Crippen LogP contribution in [0.1, 0.15) is 17.3 Å². The van der Waals surface area contributed by atoms with Gasteiger partial charge in [-0.25, -0.2) is 0 Å². The van der Waals surface area contributed by atoms with E-state index < -0.39 is 21.0 Å². The van der Waals surface area contributed by atoms with Crippen LogP contribution in [0.5, 0.6) is 0 Å². The Morgan fingerprint density at radius 3 is 2.15 bits per heavy atom. The first kappa shape index (κ1) is 23.4. The summed E-state index contributed by atoms with van der Waals surface area (Å²) >= 11 is 1.26. The second-order valence-corrected chi connectivity index (χ2v) is 8.26. The van der Waals surface area contributed by atoms with E-state index in [4.69, 9.17) is 0 Å². The Hall–Kier alpha value is -4.25. The number of amides is 2. The minimum atomic E-state index is -0.572. The highest BCUT2D eigenvalue weighted by Crippen LogP contribution is 2.27. The zero-order valence-corrected chi connectivity index (χ0v) is 18.1. The molecule has 0 bridgehead atoms. The second-order valence-electron chi connectivity index (χ2n) is 6.84. The van der Waals surface area contributed by atoms with Gasteiger partial charge in [0.1, 0.15) is 0 Å². The van der Waals surface area contributed by atoms with Crippen molar-refractivity contribution >= 4 is 46.3 Å². The highest BCUT2D eigenvalue weighted by Gasteiger charge is 2.16. The van der Waals surface area contributed by atoms with Gasteiger partial charge in [-0.3, -0.25) is 29.8 Å². The average molecular weight is 466 g/mol. The van der Waals surface area contributed by atoms with Crippen molar-refractivity contribution in [2.75, 3.05) is 10.6 Å². The largest absolute Gasteiger partial charge is 0.325 e. The molecule has 10 nitrogen and oxygen atoms in total. The van der Waals surface area contributed by atoms with Crippen LogP contribution >= 0.6 is 11.8 Å². The van der Waals surface area contributed by atoms with Crippen molar-refractivity contribution < 1.29 is 19.4 Å². The number of benzene rings is 3. The lowest BCUT2D eigenvalue weighted by Gasteiger charge is -2.13. The van der Waals surface area contributed by atoms with Crippen LogP contribution in [0.25, 0.3) is 0 Å². The van der Waals surface area contributed by atoms with E-state index in [1.54, 1.807) is 31.2 Å². The van der Waals surface area contributed by atoms with Crippen LogP contribution in [0, 0.1) is 20.2 Å². The number of non-ortho nitro benzene ring substituents is 2. The Kier molecular flexibility index (Phi) is 7.36. The van der Waals surface area contributed by atoms with Gasteiger partial charge < -0.3 is 10.6 Å². The monoisotopic (exact) mass is 466 g/mol. The molecule has 0 heterocycles. The summed E-state index contributed by atoms with van der Waals surface area (Å²) in [5, 5.41) is 26.5. The Morgan fingerprint density at radius 1 is 0.818 bits per heavy atom. The lowest BCUT2D eigenvalue weighted by molar-refractivity contribution is -0.385. The molecular weight excluding hydrogens is 448 g/mol. The summed E-state index contributed by atoms with van der Waals surface area (Å²) in [6.07, 6.45) is 0. The molecule has 0 fully saturated rings. The minimum Gasteiger partial charge on any atom is -0.325 e. The van der Waals surface area contributed by atoms with Gasteiger partial charge in [-0.2, -0.15) is 0 Å². The van der Waals surface area contributed by atoms with Gasteiger partial charge in [0.2, 0.25) is 5.91 Å². The Bertz CT molecular complexity index is 1220. The third-order valence-electron chi connectivity index (χ3n) is 4.44. The molecule has 33 heavy (non-hydrogen) atoms. The van der Waals surface area contributed by atoms with Gasteiger partial charge in [0.05, 0.1) is 15.1 Å². The predicted octanol–water partition coefficient (Wildman–Crippen LogP) is 4.87.